The SMILES string of the molecule is Cc1nc(Nc2ccc(C#N)nc2)cc([C@@H]2CCCCN2Cc2cn[nH]c2)n1. The Morgan fingerprint density at radius 3 is 2.96 bits per heavy atom. The van der Waals surface area contributed by atoms with Crippen LogP contribution in [0.25, 0.3) is 0 Å². The summed E-state index contributed by atoms with van der Waals surface area (Å²) >= 11 is 0. The van der Waals surface area contributed by atoms with Gasteiger partial charge in [-0.15, -0.1) is 0 Å². The summed E-state index contributed by atoms with van der Waals surface area (Å²) in [5, 5.41) is 19.1. The van der Waals surface area contributed by atoms with Crippen LogP contribution in [0.1, 0.15) is 48.1 Å². The Labute approximate surface area is 163 Å². The molecule has 1 fully saturated rings. The van der Waals surface area contributed by atoms with Crippen LogP contribution in [0.15, 0.2) is 36.8 Å². The first-order valence-electron chi connectivity index (χ1n) is 9.42. The number of aromatic nitrogens is 5. The lowest BCUT2D eigenvalue weighted by molar-refractivity contribution is 0.137. The summed E-state index contributed by atoms with van der Waals surface area (Å²) in [5.41, 5.74) is 3.39. The molecule has 0 amide bonds. The minimum absolute atomic E-state index is 0.255. The summed E-state index contributed by atoms with van der Waals surface area (Å²) in [5.74, 6) is 1.47. The first-order valence-corrected chi connectivity index (χ1v) is 9.42. The van der Waals surface area contributed by atoms with E-state index < -0.39 is 0 Å². The number of aryl methyl sites for hydroxylation is 1. The van der Waals surface area contributed by atoms with Gasteiger partial charge in [0, 0.05) is 24.4 Å². The van der Waals surface area contributed by atoms with E-state index in [0.29, 0.717) is 5.69 Å². The number of hydrogen-bond donors (Lipinski definition) is 2. The van der Waals surface area contributed by atoms with Gasteiger partial charge in [-0.3, -0.25) is 10.00 Å². The second kappa shape index (κ2) is 8.15. The molecule has 28 heavy (non-hydrogen) atoms. The van der Waals surface area contributed by atoms with Crippen LogP contribution in [0.2, 0.25) is 0 Å². The van der Waals surface area contributed by atoms with Gasteiger partial charge in [0.1, 0.15) is 23.4 Å². The van der Waals surface area contributed by atoms with Gasteiger partial charge in [0.25, 0.3) is 0 Å². The van der Waals surface area contributed by atoms with Gasteiger partial charge in [-0.2, -0.15) is 10.4 Å². The van der Waals surface area contributed by atoms with E-state index in [1.165, 1.54) is 18.4 Å². The zero-order valence-corrected chi connectivity index (χ0v) is 15.8. The van der Waals surface area contributed by atoms with Crippen LogP contribution in [0.4, 0.5) is 11.5 Å². The van der Waals surface area contributed by atoms with E-state index in [-0.39, 0.29) is 6.04 Å². The van der Waals surface area contributed by atoms with Gasteiger partial charge in [-0.1, -0.05) is 6.42 Å². The van der Waals surface area contributed by atoms with Crippen molar-refractivity contribution in [3.8, 4) is 6.07 Å². The number of pyridine rings is 1. The fraction of sp³-hybridized carbons (Fsp3) is 0.350. The molecular formula is C20H22N8. The van der Waals surface area contributed by atoms with Crippen LogP contribution in [-0.4, -0.2) is 36.6 Å². The molecule has 1 saturated heterocycles. The predicted molar refractivity (Wildman–Crippen MR) is 105 cm³/mol. The lowest BCUT2D eigenvalue weighted by Crippen LogP contribution is -2.33. The fourth-order valence-corrected chi connectivity index (χ4v) is 3.62. The van der Waals surface area contributed by atoms with Crippen LogP contribution < -0.4 is 5.32 Å². The summed E-state index contributed by atoms with van der Waals surface area (Å²) in [6.07, 6.45) is 8.93. The van der Waals surface area contributed by atoms with Gasteiger partial charge in [0.2, 0.25) is 0 Å². The summed E-state index contributed by atoms with van der Waals surface area (Å²) < 4.78 is 0. The lowest BCUT2D eigenvalue weighted by atomic mass is 9.98. The van der Waals surface area contributed by atoms with Crippen molar-refractivity contribution in [2.45, 2.75) is 38.8 Å². The third-order valence-corrected chi connectivity index (χ3v) is 4.90. The Balaban J connectivity index is 1.56. The molecule has 1 aliphatic rings. The molecule has 3 aromatic heterocycles. The number of H-pyrrole nitrogens is 1. The first kappa shape index (κ1) is 18.1. The Kier molecular flexibility index (Phi) is 5.26. The topological polar surface area (TPSA) is 106 Å². The van der Waals surface area contributed by atoms with Gasteiger partial charge in [-0.05, 0) is 38.4 Å². The average Bonchev–Trinajstić information content (AvgIpc) is 3.22. The zero-order valence-electron chi connectivity index (χ0n) is 15.8. The van der Waals surface area contributed by atoms with E-state index in [0.717, 1.165) is 42.5 Å². The minimum atomic E-state index is 0.255. The van der Waals surface area contributed by atoms with Gasteiger partial charge in [0.15, 0.2) is 0 Å². The molecule has 2 N–H and O–H groups in total. The van der Waals surface area contributed by atoms with Crippen molar-refractivity contribution >= 4 is 11.5 Å². The Bertz CT molecular complexity index is 959. The highest BCUT2D eigenvalue weighted by atomic mass is 15.2. The number of piperidine rings is 1. The van der Waals surface area contributed by atoms with Crippen molar-refractivity contribution in [2.24, 2.45) is 0 Å². The molecule has 0 bridgehead atoms. The van der Waals surface area contributed by atoms with Crippen molar-refractivity contribution in [3.05, 3.63) is 59.6 Å². The quantitative estimate of drug-likeness (QED) is 0.706. The standard InChI is InChI=1S/C20H22N8/c1-14-25-18(8-20(26-14)27-17-6-5-16(9-21)22-12-17)19-4-2-3-7-28(19)13-15-10-23-24-11-15/h5-6,8,10-12,19H,2-4,7,13H2,1H3,(H,23,24)(H,25,26,27)/t19-/m0/s1. The maximum atomic E-state index is 8.89. The molecule has 3 aromatic rings. The monoisotopic (exact) mass is 374 g/mol. The van der Waals surface area contributed by atoms with Gasteiger partial charge in [-0.25, -0.2) is 15.0 Å². The number of likely N-dealkylation sites (tertiary alicyclic amines) is 1. The molecule has 4 heterocycles. The van der Waals surface area contributed by atoms with Crippen LogP contribution in [0.5, 0.6) is 0 Å². The normalized spacial score (nSPS) is 17.2. The van der Waals surface area contributed by atoms with E-state index in [4.69, 9.17) is 10.2 Å². The number of aromatic amines is 1. The zero-order chi connectivity index (χ0) is 19.3. The highest BCUT2D eigenvalue weighted by Gasteiger charge is 2.26. The molecule has 1 atom stereocenters. The third kappa shape index (κ3) is 4.15. The summed E-state index contributed by atoms with van der Waals surface area (Å²) in [6, 6.07) is 7.81. The van der Waals surface area contributed by atoms with Crippen molar-refractivity contribution < 1.29 is 0 Å². The summed E-state index contributed by atoms with van der Waals surface area (Å²) in [7, 11) is 0. The minimum Gasteiger partial charge on any atom is -0.339 e. The first-order chi connectivity index (χ1) is 13.7. The molecule has 0 aromatic carbocycles. The van der Waals surface area contributed by atoms with Crippen molar-refractivity contribution in [2.75, 3.05) is 11.9 Å². The highest BCUT2D eigenvalue weighted by Crippen LogP contribution is 2.32. The van der Waals surface area contributed by atoms with Gasteiger partial charge >= 0.3 is 0 Å². The molecule has 0 spiro atoms. The number of nitrogens with one attached hydrogen (secondary N) is 2. The van der Waals surface area contributed by atoms with Gasteiger partial charge < -0.3 is 5.32 Å². The second-order valence-corrected chi connectivity index (χ2v) is 6.98. The van der Waals surface area contributed by atoms with Crippen LogP contribution >= 0.6 is 0 Å². The fourth-order valence-electron chi connectivity index (χ4n) is 3.62. The molecule has 0 saturated carbocycles. The molecule has 0 radical (unpaired) electrons. The molecule has 1 aliphatic heterocycles. The van der Waals surface area contributed by atoms with Crippen molar-refractivity contribution in [1.29, 1.82) is 5.26 Å². The molecule has 0 unspecified atom stereocenters. The number of nitrogens with zero attached hydrogens (tertiary/aromatic N) is 6. The molecule has 142 valence electrons. The number of hydrogen-bond acceptors (Lipinski definition) is 7. The summed E-state index contributed by atoms with van der Waals surface area (Å²) in [4.78, 5) is 15.8. The maximum Gasteiger partial charge on any atom is 0.140 e. The Morgan fingerprint density at radius 2 is 2.21 bits per heavy atom. The third-order valence-electron chi connectivity index (χ3n) is 4.90. The van der Waals surface area contributed by atoms with E-state index in [1.54, 1.807) is 12.3 Å². The molecular weight excluding hydrogens is 352 g/mol. The maximum absolute atomic E-state index is 8.89. The van der Waals surface area contributed by atoms with Crippen LogP contribution in [-0.2, 0) is 6.54 Å². The number of rotatable bonds is 5. The van der Waals surface area contributed by atoms with E-state index in [2.05, 4.69) is 30.4 Å². The molecule has 8 nitrogen and oxygen atoms in total. The van der Waals surface area contributed by atoms with Crippen molar-refractivity contribution in [1.82, 2.24) is 30.0 Å². The van der Waals surface area contributed by atoms with E-state index in [9.17, 15) is 0 Å². The van der Waals surface area contributed by atoms with Crippen LogP contribution in [0, 0.1) is 18.3 Å². The summed E-state index contributed by atoms with van der Waals surface area (Å²) in [6.45, 7) is 3.81. The van der Waals surface area contributed by atoms with Crippen molar-refractivity contribution in [3.63, 3.8) is 0 Å². The van der Waals surface area contributed by atoms with Gasteiger partial charge in [0.05, 0.1) is 29.8 Å². The number of nitriles is 1. The Hall–Kier alpha value is -3.31. The largest absolute Gasteiger partial charge is 0.339 e. The molecule has 8 heteroatoms. The van der Waals surface area contributed by atoms with Crippen LogP contribution in [0.3, 0.4) is 0 Å². The average molecular weight is 374 g/mol. The molecule has 4 rings (SSSR count). The Morgan fingerprint density at radius 1 is 1.29 bits per heavy atom. The lowest BCUT2D eigenvalue weighted by Gasteiger charge is -2.35. The van der Waals surface area contributed by atoms with E-state index >= 15 is 0 Å². The molecule has 0 aliphatic carbocycles. The van der Waals surface area contributed by atoms with E-state index in [1.807, 2.05) is 37.5 Å². The second-order valence-electron chi connectivity index (χ2n) is 6.98. The predicted octanol–water partition coefficient (Wildman–Crippen LogP) is 3.25. The number of anilines is 2. The highest BCUT2D eigenvalue weighted by molar-refractivity contribution is 5.55. The smallest absolute Gasteiger partial charge is 0.140 e.